The van der Waals surface area contributed by atoms with Crippen LogP contribution in [0.2, 0.25) is 0 Å². The lowest BCUT2D eigenvalue weighted by Crippen LogP contribution is -2.24. The van der Waals surface area contributed by atoms with E-state index in [0.29, 0.717) is 52.4 Å². The third-order valence-corrected chi connectivity index (χ3v) is 4.83. The first kappa shape index (κ1) is 18.3. The molecule has 1 aliphatic heterocycles. The summed E-state index contributed by atoms with van der Waals surface area (Å²) in [6.45, 7) is 2.30. The Hall–Kier alpha value is -3.12. The number of hydrogen-bond donors (Lipinski definition) is 0. The van der Waals surface area contributed by atoms with E-state index >= 15 is 0 Å². The van der Waals surface area contributed by atoms with Gasteiger partial charge in [0.05, 0.1) is 18.1 Å². The largest absolute Gasteiger partial charge is 0.496 e. The van der Waals surface area contributed by atoms with Gasteiger partial charge in [-0.25, -0.2) is 4.79 Å². The Morgan fingerprint density at radius 3 is 2.75 bits per heavy atom. The average molecular weight is 380 g/mol. The van der Waals surface area contributed by atoms with Crippen molar-refractivity contribution in [1.82, 2.24) is 0 Å². The Balaban J connectivity index is 1.74. The molecule has 6 heteroatoms. The molecule has 1 saturated heterocycles. The molecule has 1 atom stereocenters. The Morgan fingerprint density at radius 2 is 2.00 bits per heavy atom. The molecule has 1 aliphatic rings. The molecule has 4 rings (SSSR count). The molecule has 0 N–H and O–H groups in total. The first-order valence-corrected chi connectivity index (χ1v) is 9.12. The summed E-state index contributed by atoms with van der Waals surface area (Å²) < 4.78 is 22.0. The minimum Gasteiger partial charge on any atom is -0.496 e. The Kier molecular flexibility index (Phi) is 4.88. The lowest BCUT2D eigenvalue weighted by molar-refractivity contribution is -0.144. The maximum atomic E-state index is 13.1. The molecule has 0 saturated carbocycles. The molecule has 0 aliphatic carbocycles. The number of ether oxygens (including phenoxy) is 3. The molecule has 0 spiro atoms. The molecule has 1 unspecified atom stereocenters. The Bertz CT molecular complexity index is 1090. The van der Waals surface area contributed by atoms with Gasteiger partial charge in [-0.3, -0.25) is 4.79 Å². The third kappa shape index (κ3) is 3.27. The van der Waals surface area contributed by atoms with Crippen LogP contribution in [0.3, 0.4) is 0 Å². The van der Waals surface area contributed by atoms with Crippen molar-refractivity contribution in [1.29, 1.82) is 0 Å². The summed E-state index contributed by atoms with van der Waals surface area (Å²) in [7, 11) is 1.56. The fourth-order valence-corrected chi connectivity index (χ4v) is 3.46. The van der Waals surface area contributed by atoms with Crippen LogP contribution in [0.15, 0.2) is 51.7 Å². The van der Waals surface area contributed by atoms with Crippen molar-refractivity contribution < 1.29 is 23.4 Å². The summed E-state index contributed by atoms with van der Waals surface area (Å²) in [4.78, 5) is 25.3. The van der Waals surface area contributed by atoms with Gasteiger partial charge in [0.1, 0.15) is 22.8 Å². The maximum Gasteiger partial charge on any atom is 0.340 e. The van der Waals surface area contributed by atoms with Crippen LogP contribution in [0, 0.1) is 6.92 Å². The first-order chi connectivity index (χ1) is 13.6. The molecule has 6 nitrogen and oxygen atoms in total. The first-order valence-electron chi connectivity index (χ1n) is 9.12. The molecule has 0 radical (unpaired) electrons. The van der Waals surface area contributed by atoms with E-state index in [1.165, 1.54) is 0 Å². The number of carbonyl (C=O) groups excluding carboxylic acids is 1. The van der Waals surface area contributed by atoms with Gasteiger partial charge >= 0.3 is 5.97 Å². The number of carbonyl (C=O) groups is 1. The number of hydrogen-bond acceptors (Lipinski definition) is 6. The van der Waals surface area contributed by atoms with Crippen LogP contribution >= 0.6 is 0 Å². The van der Waals surface area contributed by atoms with E-state index in [0.717, 1.165) is 6.42 Å². The summed E-state index contributed by atoms with van der Waals surface area (Å²) >= 11 is 0. The fraction of sp³-hybridized carbons (Fsp3) is 0.273. The van der Waals surface area contributed by atoms with Crippen LogP contribution in [0.25, 0.3) is 22.1 Å². The van der Waals surface area contributed by atoms with E-state index in [1.54, 1.807) is 38.3 Å². The molecule has 144 valence electrons. The number of fused-ring (bicyclic) bond motifs is 1. The number of para-hydroxylation sites is 1. The number of esters is 1. The third-order valence-electron chi connectivity index (χ3n) is 4.83. The van der Waals surface area contributed by atoms with E-state index < -0.39 is 12.1 Å². The van der Waals surface area contributed by atoms with Crippen molar-refractivity contribution in [2.45, 2.75) is 25.9 Å². The highest BCUT2D eigenvalue weighted by molar-refractivity contribution is 5.86. The minimum atomic E-state index is -0.530. The van der Waals surface area contributed by atoms with Crippen molar-refractivity contribution in [2.75, 3.05) is 13.7 Å². The summed E-state index contributed by atoms with van der Waals surface area (Å²) in [5.41, 5.74) is 1.32. The van der Waals surface area contributed by atoms with E-state index in [1.807, 2.05) is 18.2 Å². The van der Waals surface area contributed by atoms with Gasteiger partial charge < -0.3 is 18.6 Å². The second-order valence-corrected chi connectivity index (χ2v) is 6.64. The monoisotopic (exact) mass is 380 g/mol. The van der Waals surface area contributed by atoms with Gasteiger partial charge in [-0.2, -0.15) is 0 Å². The van der Waals surface area contributed by atoms with E-state index in [2.05, 4.69) is 0 Å². The van der Waals surface area contributed by atoms with E-state index in [4.69, 9.17) is 18.6 Å². The molecule has 2 heterocycles. The summed E-state index contributed by atoms with van der Waals surface area (Å²) in [5.74, 6) is 0.950. The Morgan fingerprint density at radius 1 is 1.18 bits per heavy atom. The highest BCUT2D eigenvalue weighted by Gasteiger charge is 2.26. The second kappa shape index (κ2) is 7.48. The van der Waals surface area contributed by atoms with Gasteiger partial charge in [0.15, 0.2) is 6.10 Å². The predicted octanol–water partition coefficient (Wildman–Crippen LogP) is 3.86. The number of methoxy groups -OCH3 is 1. The zero-order valence-corrected chi connectivity index (χ0v) is 15.7. The molecule has 1 fully saturated rings. The normalized spacial score (nSPS) is 16.3. The summed E-state index contributed by atoms with van der Waals surface area (Å²) in [5, 5.41) is 0.406. The Labute approximate surface area is 161 Å². The lowest BCUT2D eigenvalue weighted by Gasteiger charge is -2.12. The zero-order valence-electron chi connectivity index (χ0n) is 15.7. The van der Waals surface area contributed by atoms with Crippen molar-refractivity contribution in [3.05, 3.63) is 58.4 Å². The SMILES string of the molecule is COc1ccccc1-c1c(C)oc2cc(OC(=O)C3CCCO3)ccc2c1=O. The number of benzene rings is 2. The molecule has 0 amide bonds. The predicted molar refractivity (Wildman–Crippen MR) is 104 cm³/mol. The van der Waals surface area contributed by atoms with Crippen molar-refractivity contribution in [3.8, 4) is 22.6 Å². The van der Waals surface area contributed by atoms with Crippen LogP contribution < -0.4 is 14.9 Å². The number of rotatable bonds is 4. The molecular formula is C22H20O6. The van der Waals surface area contributed by atoms with Gasteiger partial charge in [-0.15, -0.1) is 0 Å². The van der Waals surface area contributed by atoms with Crippen molar-refractivity contribution >= 4 is 16.9 Å². The van der Waals surface area contributed by atoms with Gasteiger partial charge in [-0.05, 0) is 38.0 Å². The van der Waals surface area contributed by atoms with Gasteiger partial charge in [0.2, 0.25) is 5.43 Å². The standard InChI is InChI=1S/C22H20O6/c1-13-20(15-6-3-4-7-17(15)25-2)21(23)16-10-9-14(12-19(16)27-13)28-22(24)18-8-5-11-26-18/h3-4,6-7,9-10,12,18H,5,8,11H2,1-2H3. The zero-order chi connectivity index (χ0) is 19.7. The molecule has 3 aromatic rings. The fourth-order valence-electron chi connectivity index (χ4n) is 3.46. The van der Waals surface area contributed by atoms with E-state index in [-0.39, 0.29) is 5.43 Å². The van der Waals surface area contributed by atoms with Crippen LogP contribution in [-0.2, 0) is 9.53 Å². The summed E-state index contributed by atoms with van der Waals surface area (Å²) in [6.07, 6.45) is 0.970. The van der Waals surface area contributed by atoms with E-state index in [9.17, 15) is 9.59 Å². The smallest absolute Gasteiger partial charge is 0.340 e. The molecular weight excluding hydrogens is 360 g/mol. The lowest BCUT2D eigenvalue weighted by atomic mass is 10.0. The second-order valence-electron chi connectivity index (χ2n) is 6.64. The van der Waals surface area contributed by atoms with Crippen molar-refractivity contribution in [2.24, 2.45) is 0 Å². The number of aryl methyl sites for hydroxylation is 1. The van der Waals surface area contributed by atoms with Crippen LogP contribution in [0.1, 0.15) is 18.6 Å². The van der Waals surface area contributed by atoms with Gasteiger partial charge in [0, 0.05) is 18.2 Å². The van der Waals surface area contributed by atoms with Crippen LogP contribution in [0.4, 0.5) is 0 Å². The topological polar surface area (TPSA) is 75.0 Å². The van der Waals surface area contributed by atoms with Crippen LogP contribution in [0.5, 0.6) is 11.5 Å². The van der Waals surface area contributed by atoms with Gasteiger partial charge in [0.25, 0.3) is 0 Å². The average Bonchev–Trinajstić information content (AvgIpc) is 3.23. The van der Waals surface area contributed by atoms with Crippen LogP contribution in [-0.4, -0.2) is 25.8 Å². The highest BCUT2D eigenvalue weighted by atomic mass is 16.6. The van der Waals surface area contributed by atoms with Crippen molar-refractivity contribution in [3.63, 3.8) is 0 Å². The van der Waals surface area contributed by atoms with Gasteiger partial charge in [-0.1, -0.05) is 18.2 Å². The summed E-state index contributed by atoms with van der Waals surface area (Å²) in [6, 6.07) is 12.1. The quantitative estimate of drug-likeness (QED) is 0.505. The highest BCUT2D eigenvalue weighted by Crippen LogP contribution is 2.32. The molecule has 28 heavy (non-hydrogen) atoms. The molecule has 0 bridgehead atoms. The molecule has 2 aromatic carbocycles. The molecule has 1 aromatic heterocycles. The maximum absolute atomic E-state index is 13.1. The minimum absolute atomic E-state index is 0.166.